The van der Waals surface area contributed by atoms with Crippen molar-refractivity contribution in [2.45, 2.75) is 12.6 Å². The maximum Gasteiger partial charge on any atom is 0.169 e. The quantitative estimate of drug-likeness (QED) is 0.381. The summed E-state index contributed by atoms with van der Waals surface area (Å²) in [5.74, 6) is -0.221. The van der Waals surface area contributed by atoms with E-state index in [1.165, 1.54) is 6.07 Å². The molecule has 1 aliphatic heterocycles. The van der Waals surface area contributed by atoms with Crippen molar-refractivity contribution in [3.8, 4) is 0 Å². The molecule has 19 heavy (non-hydrogen) atoms. The van der Waals surface area contributed by atoms with E-state index in [1.807, 2.05) is 6.07 Å². The van der Waals surface area contributed by atoms with Crippen LogP contribution in [0.3, 0.4) is 0 Å². The summed E-state index contributed by atoms with van der Waals surface area (Å²) in [6, 6.07) is 4.95. The molecule has 0 spiro atoms. The zero-order chi connectivity index (χ0) is 13.8. The average molecular weight is 332 g/mol. The van der Waals surface area contributed by atoms with E-state index in [4.69, 9.17) is 15.7 Å². The molecule has 1 aliphatic rings. The van der Waals surface area contributed by atoms with Crippen LogP contribution < -0.4 is 5.73 Å². The van der Waals surface area contributed by atoms with Crippen LogP contribution >= 0.6 is 15.9 Å². The van der Waals surface area contributed by atoms with Crippen LogP contribution in [0.5, 0.6) is 0 Å². The Morgan fingerprint density at radius 2 is 2.42 bits per heavy atom. The number of hydrogen-bond donors (Lipinski definition) is 2. The van der Waals surface area contributed by atoms with E-state index in [2.05, 4.69) is 26.0 Å². The van der Waals surface area contributed by atoms with E-state index in [1.54, 1.807) is 6.07 Å². The van der Waals surface area contributed by atoms with Gasteiger partial charge < -0.3 is 15.7 Å². The molecule has 0 aromatic heterocycles. The number of oxime groups is 1. The number of benzene rings is 1. The van der Waals surface area contributed by atoms with Crippen molar-refractivity contribution in [2.75, 3.05) is 19.7 Å². The van der Waals surface area contributed by atoms with E-state index < -0.39 is 6.10 Å². The lowest BCUT2D eigenvalue weighted by molar-refractivity contribution is 0.00131. The van der Waals surface area contributed by atoms with Gasteiger partial charge in [0.25, 0.3) is 0 Å². The van der Waals surface area contributed by atoms with Crippen LogP contribution in [-0.2, 0) is 11.3 Å². The van der Waals surface area contributed by atoms with Gasteiger partial charge in [0, 0.05) is 19.6 Å². The second-order valence-corrected chi connectivity index (χ2v) is 5.13. The molecule has 1 saturated heterocycles. The minimum Gasteiger partial charge on any atom is -0.409 e. The Morgan fingerprint density at radius 1 is 1.63 bits per heavy atom. The monoisotopic (exact) mass is 331 g/mol. The molecule has 1 aromatic rings. The number of halogens is 2. The smallest absolute Gasteiger partial charge is 0.169 e. The summed E-state index contributed by atoms with van der Waals surface area (Å²) in [7, 11) is 0. The Balaban J connectivity index is 2.05. The summed E-state index contributed by atoms with van der Waals surface area (Å²) < 4.78 is 19.3. The highest BCUT2D eigenvalue weighted by atomic mass is 79.9. The Kier molecular flexibility index (Phi) is 4.73. The van der Waals surface area contributed by atoms with Gasteiger partial charge in [0.05, 0.1) is 11.1 Å². The van der Waals surface area contributed by atoms with Crippen molar-refractivity contribution in [2.24, 2.45) is 10.9 Å². The molecule has 0 aliphatic carbocycles. The van der Waals surface area contributed by atoms with Crippen molar-refractivity contribution in [1.29, 1.82) is 0 Å². The molecule has 5 nitrogen and oxygen atoms in total. The maximum absolute atomic E-state index is 13.4. The lowest BCUT2D eigenvalue weighted by atomic mass is 10.2. The number of morpholine rings is 1. The van der Waals surface area contributed by atoms with Gasteiger partial charge in [-0.2, -0.15) is 0 Å². The summed E-state index contributed by atoms with van der Waals surface area (Å²) in [5.41, 5.74) is 6.40. The molecular weight excluding hydrogens is 317 g/mol. The first-order valence-electron chi connectivity index (χ1n) is 5.86. The third-order valence-corrected chi connectivity index (χ3v) is 3.91. The molecule has 104 valence electrons. The minimum absolute atomic E-state index is 0.0583. The molecule has 0 radical (unpaired) electrons. The maximum atomic E-state index is 13.4. The first kappa shape index (κ1) is 14.2. The molecule has 0 bridgehead atoms. The zero-order valence-electron chi connectivity index (χ0n) is 10.2. The fourth-order valence-corrected chi connectivity index (χ4v) is 2.39. The fourth-order valence-electron chi connectivity index (χ4n) is 2.00. The summed E-state index contributed by atoms with van der Waals surface area (Å²) in [6.07, 6.45) is -0.425. The van der Waals surface area contributed by atoms with E-state index >= 15 is 0 Å². The Hall–Kier alpha value is -1.18. The van der Waals surface area contributed by atoms with Crippen molar-refractivity contribution in [3.05, 3.63) is 34.1 Å². The Bertz CT molecular complexity index is 484. The van der Waals surface area contributed by atoms with Crippen LogP contribution in [0.25, 0.3) is 0 Å². The highest BCUT2D eigenvalue weighted by Gasteiger charge is 2.24. The molecular formula is C12H15BrFN3O2. The largest absolute Gasteiger partial charge is 0.409 e. The molecule has 1 aromatic carbocycles. The number of amidine groups is 1. The number of nitrogens with zero attached hydrogens (tertiary/aromatic N) is 2. The fraction of sp³-hybridized carbons (Fsp3) is 0.417. The highest BCUT2D eigenvalue weighted by Crippen LogP contribution is 2.22. The molecule has 1 atom stereocenters. The van der Waals surface area contributed by atoms with Gasteiger partial charge in [0.15, 0.2) is 5.84 Å². The second kappa shape index (κ2) is 6.31. The van der Waals surface area contributed by atoms with Gasteiger partial charge >= 0.3 is 0 Å². The van der Waals surface area contributed by atoms with Crippen LogP contribution in [-0.4, -0.2) is 41.7 Å². The average Bonchev–Trinajstić information content (AvgIpc) is 2.43. The van der Waals surface area contributed by atoms with Crippen molar-refractivity contribution in [1.82, 2.24) is 4.90 Å². The van der Waals surface area contributed by atoms with Crippen LogP contribution in [0.1, 0.15) is 5.56 Å². The van der Waals surface area contributed by atoms with E-state index in [0.29, 0.717) is 24.2 Å². The third-order valence-electron chi connectivity index (χ3n) is 3.02. The van der Waals surface area contributed by atoms with E-state index in [0.717, 1.165) is 12.1 Å². The molecule has 1 unspecified atom stereocenters. The van der Waals surface area contributed by atoms with Crippen molar-refractivity contribution in [3.63, 3.8) is 0 Å². The number of ether oxygens (including phenoxy) is 1. The SMILES string of the molecule is N/C(=N/O)C1CN(Cc2cccc(F)c2Br)CCO1. The summed E-state index contributed by atoms with van der Waals surface area (Å²) >= 11 is 3.24. The van der Waals surface area contributed by atoms with Crippen molar-refractivity contribution >= 4 is 21.8 Å². The second-order valence-electron chi connectivity index (χ2n) is 4.33. The zero-order valence-corrected chi connectivity index (χ0v) is 11.8. The predicted octanol–water partition coefficient (Wildman–Crippen LogP) is 1.54. The molecule has 0 saturated carbocycles. The number of rotatable bonds is 3. The van der Waals surface area contributed by atoms with Crippen LogP contribution in [0.2, 0.25) is 0 Å². The Labute approximate surface area is 119 Å². The van der Waals surface area contributed by atoms with Crippen molar-refractivity contribution < 1.29 is 14.3 Å². The molecule has 3 N–H and O–H groups in total. The van der Waals surface area contributed by atoms with E-state index in [-0.39, 0.29) is 11.7 Å². The number of hydrogen-bond acceptors (Lipinski definition) is 4. The first-order valence-corrected chi connectivity index (χ1v) is 6.65. The predicted molar refractivity (Wildman–Crippen MR) is 72.5 cm³/mol. The van der Waals surface area contributed by atoms with Gasteiger partial charge in [-0.1, -0.05) is 17.3 Å². The molecule has 1 fully saturated rings. The molecule has 0 amide bonds. The van der Waals surface area contributed by atoms with Gasteiger partial charge in [0.2, 0.25) is 0 Å². The summed E-state index contributed by atoms with van der Waals surface area (Å²) in [5, 5.41) is 11.6. The third kappa shape index (κ3) is 3.43. The van der Waals surface area contributed by atoms with Gasteiger partial charge in [-0.15, -0.1) is 0 Å². The normalized spacial score (nSPS) is 21.6. The van der Waals surface area contributed by atoms with E-state index in [9.17, 15) is 4.39 Å². The minimum atomic E-state index is -0.425. The lowest BCUT2D eigenvalue weighted by Crippen LogP contribution is -2.48. The Morgan fingerprint density at radius 3 is 3.16 bits per heavy atom. The standard InChI is InChI=1S/C12H15BrFN3O2/c13-11-8(2-1-3-9(11)14)6-17-4-5-19-10(7-17)12(15)16-18/h1-3,10,18H,4-7H2,(H2,15,16). The summed E-state index contributed by atoms with van der Waals surface area (Å²) in [6.45, 7) is 2.31. The van der Waals surface area contributed by atoms with Gasteiger partial charge in [-0.05, 0) is 27.6 Å². The first-order chi connectivity index (χ1) is 9.11. The van der Waals surface area contributed by atoms with Crippen LogP contribution in [0.4, 0.5) is 4.39 Å². The van der Waals surface area contributed by atoms with Gasteiger partial charge in [0.1, 0.15) is 11.9 Å². The van der Waals surface area contributed by atoms with Crippen LogP contribution in [0, 0.1) is 5.82 Å². The molecule has 7 heteroatoms. The lowest BCUT2D eigenvalue weighted by Gasteiger charge is -2.32. The number of nitrogens with two attached hydrogens (primary N) is 1. The highest BCUT2D eigenvalue weighted by molar-refractivity contribution is 9.10. The topological polar surface area (TPSA) is 71.1 Å². The summed E-state index contributed by atoms with van der Waals surface area (Å²) in [4.78, 5) is 2.08. The van der Waals surface area contributed by atoms with Gasteiger partial charge in [-0.25, -0.2) is 4.39 Å². The molecule has 2 rings (SSSR count). The molecule has 1 heterocycles. The van der Waals surface area contributed by atoms with Gasteiger partial charge in [-0.3, -0.25) is 4.90 Å². The van der Waals surface area contributed by atoms with Crippen LogP contribution in [0.15, 0.2) is 27.8 Å².